The molecule has 0 radical (unpaired) electrons. The maximum atomic E-state index is 12.8. The van der Waals surface area contributed by atoms with Crippen LogP contribution in [-0.2, 0) is 11.3 Å². The van der Waals surface area contributed by atoms with Crippen LogP contribution >= 0.6 is 0 Å². The molecule has 1 saturated heterocycles. The zero-order valence-corrected chi connectivity index (χ0v) is 16.9. The van der Waals surface area contributed by atoms with Crippen molar-refractivity contribution in [3.05, 3.63) is 65.5 Å². The van der Waals surface area contributed by atoms with Crippen molar-refractivity contribution in [3.63, 3.8) is 0 Å². The number of nitrogens with one attached hydrogen (secondary N) is 1. The number of hydrogen-bond donors (Lipinski definition) is 1. The molecule has 4 rings (SSSR count). The Bertz CT molecular complexity index is 1030. The predicted molar refractivity (Wildman–Crippen MR) is 113 cm³/mol. The second-order valence-electron chi connectivity index (χ2n) is 7.69. The van der Waals surface area contributed by atoms with Crippen molar-refractivity contribution in [2.24, 2.45) is 0 Å². The first kappa shape index (κ1) is 19.2. The quantitative estimate of drug-likeness (QED) is 0.725. The molecule has 1 N–H and O–H groups in total. The van der Waals surface area contributed by atoms with Gasteiger partial charge in [-0.15, -0.1) is 0 Å². The van der Waals surface area contributed by atoms with Gasteiger partial charge in [-0.2, -0.15) is 0 Å². The van der Waals surface area contributed by atoms with Gasteiger partial charge in [0.25, 0.3) is 5.91 Å². The van der Waals surface area contributed by atoms with Gasteiger partial charge in [0.2, 0.25) is 5.91 Å². The van der Waals surface area contributed by atoms with Crippen LogP contribution in [0.1, 0.15) is 47.6 Å². The number of para-hydroxylation sites is 2. The van der Waals surface area contributed by atoms with Crippen molar-refractivity contribution in [2.75, 3.05) is 13.1 Å². The second-order valence-corrected chi connectivity index (χ2v) is 7.69. The van der Waals surface area contributed by atoms with Crippen molar-refractivity contribution >= 4 is 22.8 Å². The minimum atomic E-state index is -0.331. The van der Waals surface area contributed by atoms with Crippen LogP contribution in [0.3, 0.4) is 0 Å². The molecule has 1 aliphatic rings. The van der Waals surface area contributed by atoms with E-state index in [2.05, 4.69) is 5.32 Å². The number of aryl methyl sites for hydroxylation is 1. The zero-order valence-electron chi connectivity index (χ0n) is 16.9. The summed E-state index contributed by atoms with van der Waals surface area (Å²) in [6.45, 7) is 5.77. The Morgan fingerprint density at radius 1 is 1.07 bits per heavy atom. The third-order valence-corrected chi connectivity index (χ3v) is 5.48. The average Bonchev–Trinajstić information content (AvgIpc) is 3.37. The summed E-state index contributed by atoms with van der Waals surface area (Å²) in [5.41, 5.74) is 3.45. The Morgan fingerprint density at radius 3 is 2.48 bits per heavy atom. The molecule has 6 heteroatoms. The number of carbonyl (C=O) groups is 2. The van der Waals surface area contributed by atoms with Crippen LogP contribution in [0.2, 0.25) is 0 Å². The van der Waals surface area contributed by atoms with E-state index < -0.39 is 0 Å². The van der Waals surface area contributed by atoms with Crippen molar-refractivity contribution in [1.82, 2.24) is 19.8 Å². The first-order valence-corrected chi connectivity index (χ1v) is 10.1. The molecule has 29 heavy (non-hydrogen) atoms. The lowest BCUT2D eigenvalue weighted by Crippen LogP contribution is -2.33. The van der Waals surface area contributed by atoms with Crippen LogP contribution in [0, 0.1) is 6.92 Å². The Hall–Kier alpha value is -3.15. The van der Waals surface area contributed by atoms with Gasteiger partial charge in [-0.05, 0) is 51.0 Å². The largest absolute Gasteiger partial charge is 0.342 e. The molecule has 0 aliphatic carbocycles. The van der Waals surface area contributed by atoms with E-state index in [1.54, 1.807) is 0 Å². The molecule has 2 amide bonds. The number of aromatic nitrogens is 2. The average molecular weight is 390 g/mol. The summed E-state index contributed by atoms with van der Waals surface area (Å²) in [5.74, 6) is 0.644. The monoisotopic (exact) mass is 390 g/mol. The van der Waals surface area contributed by atoms with Crippen molar-refractivity contribution in [3.8, 4) is 0 Å². The molecule has 3 aromatic rings. The van der Waals surface area contributed by atoms with E-state index in [0.29, 0.717) is 11.4 Å². The van der Waals surface area contributed by atoms with Crippen LogP contribution in [0.25, 0.3) is 11.0 Å². The molecule has 0 bridgehead atoms. The van der Waals surface area contributed by atoms with Gasteiger partial charge < -0.3 is 14.8 Å². The highest BCUT2D eigenvalue weighted by molar-refractivity contribution is 5.94. The lowest BCUT2D eigenvalue weighted by atomic mass is 10.1. The number of hydrogen-bond acceptors (Lipinski definition) is 3. The maximum Gasteiger partial charge on any atom is 0.251 e. The SMILES string of the molecule is Cc1ccc(C(=O)NC(C)c2nc3ccccc3n2CC(=O)N2CCCC2)cc1. The molecule has 0 spiro atoms. The molecule has 0 saturated carbocycles. The minimum Gasteiger partial charge on any atom is -0.342 e. The highest BCUT2D eigenvalue weighted by atomic mass is 16.2. The highest BCUT2D eigenvalue weighted by Gasteiger charge is 2.23. The first-order chi connectivity index (χ1) is 14.0. The Morgan fingerprint density at radius 2 is 1.76 bits per heavy atom. The van der Waals surface area contributed by atoms with Gasteiger partial charge in [0.15, 0.2) is 0 Å². The second kappa shape index (κ2) is 8.07. The Labute approximate surface area is 170 Å². The van der Waals surface area contributed by atoms with E-state index in [0.717, 1.165) is 42.5 Å². The summed E-state index contributed by atoms with van der Waals surface area (Å²) in [5, 5.41) is 3.03. The number of fused-ring (bicyclic) bond motifs is 1. The van der Waals surface area contributed by atoms with Gasteiger partial charge >= 0.3 is 0 Å². The van der Waals surface area contributed by atoms with Crippen molar-refractivity contribution in [1.29, 1.82) is 0 Å². The van der Waals surface area contributed by atoms with Gasteiger partial charge in [-0.3, -0.25) is 9.59 Å². The molecular weight excluding hydrogens is 364 g/mol. The third kappa shape index (κ3) is 4.01. The summed E-state index contributed by atoms with van der Waals surface area (Å²) in [6.07, 6.45) is 2.12. The predicted octanol–water partition coefficient (Wildman–Crippen LogP) is 3.46. The van der Waals surface area contributed by atoms with E-state index >= 15 is 0 Å². The van der Waals surface area contributed by atoms with E-state index in [9.17, 15) is 9.59 Å². The lowest BCUT2D eigenvalue weighted by molar-refractivity contribution is -0.130. The number of likely N-dealkylation sites (tertiary alicyclic amines) is 1. The molecular formula is C23H26N4O2. The van der Waals surface area contributed by atoms with E-state index in [1.165, 1.54) is 0 Å². The molecule has 150 valence electrons. The van der Waals surface area contributed by atoms with Gasteiger partial charge in [-0.25, -0.2) is 4.98 Å². The van der Waals surface area contributed by atoms with Gasteiger partial charge in [0.05, 0.1) is 17.1 Å². The number of carbonyl (C=O) groups excluding carboxylic acids is 2. The molecule has 6 nitrogen and oxygen atoms in total. The Balaban J connectivity index is 1.60. The standard InChI is InChI=1S/C23H26N4O2/c1-16-9-11-18(12-10-16)23(29)24-17(2)22-25-19-7-3-4-8-20(19)27(22)15-21(28)26-13-5-6-14-26/h3-4,7-12,17H,5-6,13-15H2,1-2H3,(H,24,29). The summed E-state index contributed by atoms with van der Waals surface area (Å²) in [4.78, 5) is 32.1. The fourth-order valence-electron chi connectivity index (χ4n) is 3.84. The van der Waals surface area contributed by atoms with Crippen LogP contribution < -0.4 is 5.32 Å². The number of nitrogens with zero attached hydrogens (tertiary/aromatic N) is 3. The van der Waals surface area contributed by atoms with E-state index in [4.69, 9.17) is 4.98 Å². The maximum absolute atomic E-state index is 12.8. The number of imidazole rings is 1. The fraction of sp³-hybridized carbons (Fsp3) is 0.348. The molecule has 1 fully saturated rings. The topological polar surface area (TPSA) is 67.2 Å². The number of benzene rings is 2. The van der Waals surface area contributed by atoms with Crippen LogP contribution in [0.5, 0.6) is 0 Å². The van der Waals surface area contributed by atoms with Gasteiger partial charge in [0, 0.05) is 18.7 Å². The third-order valence-electron chi connectivity index (χ3n) is 5.48. The van der Waals surface area contributed by atoms with Crippen molar-refractivity contribution < 1.29 is 9.59 Å². The van der Waals surface area contributed by atoms with Crippen molar-refractivity contribution in [2.45, 2.75) is 39.3 Å². The first-order valence-electron chi connectivity index (χ1n) is 10.1. The lowest BCUT2D eigenvalue weighted by Gasteiger charge is -2.19. The molecule has 2 heterocycles. The molecule has 2 aromatic carbocycles. The van der Waals surface area contributed by atoms with Crippen LogP contribution in [-0.4, -0.2) is 39.4 Å². The van der Waals surface area contributed by atoms with E-state index in [-0.39, 0.29) is 24.4 Å². The molecule has 1 unspecified atom stereocenters. The van der Waals surface area contributed by atoms with Gasteiger partial charge in [-0.1, -0.05) is 29.8 Å². The molecule has 1 atom stereocenters. The number of amides is 2. The zero-order chi connectivity index (χ0) is 20.4. The highest BCUT2D eigenvalue weighted by Crippen LogP contribution is 2.22. The summed E-state index contributed by atoms with van der Waals surface area (Å²) in [7, 11) is 0. The fourth-order valence-corrected chi connectivity index (χ4v) is 3.84. The summed E-state index contributed by atoms with van der Waals surface area (Å²) >= 11 is 0. The summed E-state index contributed by atoms with van der Waals surface area (Å²) in [6, 6.07) is 14.9. The van der Waals surface area contributed by atoms with Crippen LogP contribution in [0.15, 0.2) is 48.5 Å². The normalized spacial score (nSPS) is 14.9. The summed E-state index contributed by atoms with van der Waals surface area (Å²) < 4.78 is 1.94. The smallest absolute Gasteiger partial charge is 0.251 e. The van der Waals surface area contributed by atoms with Crippen LogP contribution in [0.4, 0.5) is 0 Å². The Kier molecular flexibility index (Phi) is 5.34. The number of rotatable bonds is 5. The van der Waals surface area contributed by atoms with Gasteiger partial charge in [0.1, 0.15) is 12.4 Å². The minimum absolute atomic E-state index is 0.101. The molecule has 1 aliphatic heterocycles. The van der Waals surface area contributed by atoms with E-state index in [1.807, 2.05) is 71.8 Å². The molecule has 1 aromatic heterocycles.